The molecule has 2 aromatic rings. The van der Waals surface area contributed by atoms with Crippen LogP contribution >= 0.6 is 11.8 Å². The normalized spacial score (nSPS) is 27.3. The molecule has 26 heavy (non-hydrogen) atoms. The fraction of sp³-hybridized carbons (Fsp3) is 0.714. The first-order chi connectivity index (χ1) is 12.5. The van der Waals surface area contributed by atoms with E-state index < -0.39 is 37.3 Å². The topological polar surface area (TPSA) is 173 Å². The van der Waals surface area contributed by atoms with Crippen LogP contribution in [-0.2, 0) is 4.74 Å². The summed E-state index contributed by atoms with van der Waals surface area (Å²) in [5, 5.41) is 47.4. The first-order valence-corrected chi connectivity index (χ1v) is 9.26. The van der Waals surface area contributed by atoms with Gasteiger partial charge in [0.25, 0.3) is 0 Å². The first-order valence-electron chi connectivity index (χ1n) is 8.28. The zero-order valence-corrected chi connectivity index (χ0v) is 15.0. The standard InChI is InChI=1S/C14H22N6O5S/c1-2-3-26-14-16-12(15)9-13(17-14)20(19-18-9)6-4-7(11(24)10(6)23)25-8(22)5-21/h6-8,10-11,21-24H,2-5H2,1H3,(H2,15,16,17)/t6-,7+,8?,10+,11-/m1/s1. The zero-order chi connectivity index (χ0) is 18.8. The van der Waals surface area contributed by atoms with Gasteiger partial charge in [-0.05, 0) is 6.42 Å². The molecule has 0 radical (unpaired) electrons. The molecule has 3 rings (SSSR count). The quantitative estimate of drug-likeness (QED) is 0.217. The Hall–Kier alpha value is -1.57. The van der Waals surface area contributed by atoms with Gasteiger partial charge < -0.3 is 30.9 Å². The minimum absolute atomic E-state index is 0.152. The number of anilines is 1. The third kappa shape index (κ3) is 3.61. The highest BCUT2D eigenvalue weighted by atomic mass is 32.2. The van der Waals surface area contributed by atoms with Crippen LogP contribution in [-0.4, -0.2) is 82.3 Å². The molecule has 2 aromatic heterocycles. The van der Waals surface area contributed by atoms with Gasteiger partial charge in [0.1, 0.15) is 12.2 Å². The number of aliphatic hydroxyl groups excluding tert-OH is 4. The Balaban J connectivity index is 1.91. The van der Waals surface area contributed by atoms with Crippen LogP contribution in [0.3, 0.4) is 0 Å². The summed E-state index contributed by atoms with van der Waals surface area (Å²) >= 11 is 1.45. The number of nitrogens with zero attached hydrogens (tertiary/aromatic N) is 5. The summed E-state index contributed by atoms with van der Waals surface area (Å²) < 4.78 is 6.55. The van der Waals surface area contributed by atoms with Crippen LogP contribution in [0.2, 0.25) is 0 Å². The Morgan fingerprint density at radius 3 is 2.81 bits per heavy atom. The lowest BCUT2D eigenvalue weighted by Gasteiger charge is -2.19. The molecule has 1 aliphatic rings. The molecule has 144 valence electrons. The summed E-state index contributed by atoms with van der Waals surface area (Å²) in [5.41, 5.74) is 6.61. The van der Waals surface area contributed by atoms with Crippen molar-refractivity contribution in [1.82, 2.24) is 25.0 Å². The minimum atomic E-state index is -1.44. The van der Waals surface area contributed by atoms with E-state index in [9.17, 15) is 15.3 Å². The Morgan fingerprint density at radius 1 is 1.35 bits per heavy atom. The number of ether oxygens (including phenoxy) is 1. The lowest BCUT2D eigenvalue weighted by molar-refractivity contribution is -0.179. The van der Waals surface area contributed by atoms with Crippen molar-refractivity contribution in [1.29, 1.82) is 0 Å². The van der Waals surface area contributed by atoms with E-state index in [1.54, 1.807) is 0 Å². The van der Waals surface area contributed by atoms with Crippen LogP contribution in [0.1, 0.15) is 25.8 Å². The maximum Gasteiger partial charge on any atom is 0.191 e. The molecule has 1 saturated carbocycles. The lowest BCUT2D eigenvalue weighted by atomic mass is 10.2. The molecule has 5 atom stereocenters. The molecule has 0 spiro atoms. The number of thioether (sulfide) groups is 1. The van der Waals surface area contributed by atoms with Crippen molar-refractivity contribution >= 4 is 28.7 Å². The second-order valence-electron chi connectivity index (χ2n) is 6.04. The van der Waals surface area contributed by atoms with Gasteiger partial charge in [-0.3, -0.25) is 0 Å². The van der Waals surface area contributed by atoms with Crippen molar-refractivity contribution in [2.45, 2.75) is 55.6 Å². The summed E-state index contributed by atoms with van der Waals surface area (Å²) in [6, 6.07) is -0.677. The van der Waals surface area contributed by atoms with Crippen LogP contribution < -0.4 is 5.73 Å². The van der Waals surface area contributed by atoms with Crippen molar-refractivity contribution in [3.05, 3.63) is 0 Å². The van der Waals surface area contributed by atoms with Gasteiger partial charge in [-0.25, -0.2) is 14.6 Å². The Labute approximate surface area is 153 Å². The highest BCUT2D eigenvalue weighted by Crippen LogP contribution is 2.35. The largest absolute Gasteiger partial charge is 0.391 e. The predicted molar refractivity (Wildman–Crippen MR) is 92.2 cm³/mol. The fourth-order valence-corrected chi connectivity index (χ4v) is 3.60. The van der Waals surface area contributed by atoms with Crippen molar-refractivity contribution in [2.75, 3.05) is 18.1 Å². The van der Waals surface area contributed by atoms with Gasteiger partial charge in [-0.15, -0.1) is 5.10 Å². The van der Waals surface area contributed by atoms with Crippen LogP contribution in [0.25, 0.3) is 11.2 Å². The Kier molecular flexibility index (Phi) is 5.89. The first kappa shape index (κ1) is 19.2. The van der Waals surface area contributed by atoms with E-state index in [-0.39, 0.29) is 12.2 Å². The van der Waals surface area contributed by atoms with Gasteiger partial charge >= 0.3 is 0 Å². The number of aliphatic hydroxyl groups is 4. The molecule has 0 aliphatic heterocycles. The van der Waals surface area contributed by atoms with Crippen molar-refractivity contribution in [3.63, 3.8) is 0 Å². The molecule has 0 saturated heterocycles. The van der Waals surface area contributed by atoms with E-state index >= 15 is 0 Å². The van der Waals surface area contributed by atoms with Gasteiger partial charge in [-0.1, -0.05) is 23.9 Å². The number of hydrogen-bond donors (Lipinski definition) is 5. The lowest BCUT2D eigenvalue weighted by Crippen LogP contribution is -2.35. The number of hydrogen-bond acceptors (Lipinski definition) is 11. The van der Waals surface area contributed by atoms with E-state index in [0.29, 0.717) is 16.3 Å². The van der Waals surface area contributed by atoms with E-state index in [1.165, 1.54) is 16.4 Å². The SMILES string of the molecule is CCCSc1nc(N)c2nnn([C@@H]3C[C@H](OC(O)CO)[C@@H](O)[C@H]3O)c2n1. The Morgan fingerprint density at radius 2 is 2.12 bits per heavy atom. The highest BCUT2D eigenvalue weighted by molar-refractivity contribution is 7.99. The van der Waals surface area contributed by atoms with Gasteiger partial charge in [0.15, 0.2) is 28.4 Å². The molecule has 0 bridgehead atoms. The van der Waals surface area contributed by atoms with Crippen molar-refractivity contribution in [2.24, 2.45) is 0 Å². The van der Waals surface area contributed by atoms with Gasteiger partial charge in [0.05, 0.1) is 18.8 Å². The molecule has 2 heterocycles. The number of rotatable bonds is 7. The van der Waals surface area contributed by atoms with E-state index in [1.807, 2.05) is 6.92 Å². The van der Waals surface area contributed by atoms with E-state index in [0.717, 1.165) is 12.2 Å². The summed E-state index contributed by atoms with van der Waals surface area (Å²) in [6.07, 6.45) is -3.68. The molecule has 1 unspecified atom stereocenters. The summed E-state index contributed by atoms with van der Waals surface area (Å²) in [6.45, 7) is 1.43. The summed E-state index contributed by atoms with van der Waals surface area (Å²) in [5.74, 6) is 1.02. The van der Waals surface area contributed by atoms with Crippen LogP contribution in [0.4, 0.5) is 5.82 Å². The maximum atomic E-state index is 10.4. The van der Waals surface area contributed by atoms with Crippen LogP contribution in [0, 0.1) is 0 Å². The second-order valence-corrected chi connectivity index (χ2v) is 7.10. The number of aromatic nitrogens is 5. The summed E-state index contributed by atoms with van der Waals surface area (Å²) in [4.78, 5) is 8.62. The fourth-order valence-electron chi connectivity index (χ4n) is 2.90. The third-order valence-electron chi connectivity index (χ3n) is 4.17. The zero-order valence-electron chi connectivity index (χ0n) is 14.1. The van der Waals surface area contributed by atoms with Crippen LogP contribution in [0.5, 0.6) is 0 Å². The minimum Gasteiger partial charge on any atom is -0.391 e. The third-order valence-corrected chi connectivity index (χ3v) is 5.22. The predicted octanol–water partition coefficient (Wildman–Crippen LogP) is -1.33. The van der Waals surface area contributed by atoms with Crippen molar-refractivity contribution in [3.8, 4) is 0 Å². The molecule has 12 heteroatoms. The molecule has 11 nitrogen and oxygen atoms in total. The maximum absolute atomic E-state index is 10.4. The highest BCUT2D eigenvalue weighted by Gasteiger charge is 2.45. The number of fused-ring (bicyclic) bond motifs is 1. The van der Waals surface area contributed by atoms with Gasteiger partial charge in [0, 0.05) is 12.2 Å². The average Bonchev–Trinajstić information content (AvgIpc) is 3.16. The monoisotopic (exact) mass is 386 g/mol. The Bertz CT molecular complexity index is 761. The average molecular weight is 386 g/mol. The van der Waals surface area contributed by atoms with Gasteiger partial charge in [-0.2, -0.15) is 0 Å². The number of nitrogen functional groups attached to an aromatic ring is 1. The number of nitrogens with two attached hydrogens (primary N) is 1. The molecule has 1 aliphatic carbocycles. The summed E-state index contributed by atoms with van der Waals surface area (Å²) in [7, 11) is 0. The second kappa shape index (κ2) is 7.98. The van der Waals surface area contributed by atoms with Gasteiger partial charge in [0.2, 0.25) is 0 Å². The van der Waals surface area contributed by atoms with Crippen molar-refractivity contribution < 1.29 is 25.2 Å². The molecule has 6 N–H and O–H groups in total. The molecule has 0 aromatic carbocycles. The van der Waals surface area contributed by atoms with E-state index in [4.69, 9.17) is 15.6 Å². The molecular weight excluding hydrogens is 364 g/mol. The van der Waals surface area contributed by atoms with Crippen LogP contribution in [0.15, 0.2) is 5.16 Å². The molecule has 1 fully saturated rings. The molecular formula is C14H22N6O5S. The van der Waals surface area contributed by atoms with E-state index in [2.05, 4.69) is 20.3 Å². The smallest absolute Gasteiger partial charge is 0.191 e. The molecule has 0 amide bonds.